The summed E-state index contributed by atoms with van der Waals surface area (Å²) < 4.78 is 82.4. The predicted octanol–water partition coefficient (Wildman–Crippen LogP) is 9.00. The Kier molecular flexibility index (Phi) is 13.6. The highest BCUT2D eigenvalue weighted by Crippen LogP contribution is 2.32. The first-order chi connectivity index (χ1) is 26.2. The first-order valence-electron chi connectivity index (χ1n) is 18.0. The Morgan fingerprint density at radius 3 is 2.16 bits per heavy atom. The van der Waals surface area contributed by atoms with Crippen molar-refractivity contribution in [3.63, 3.8) is 0 Å². The molecule has 0 aliphatic heterocycles. The van der Waals surface area contributed by atoms with Gasteiger partial charge in [0.15, 0.2) is 0 Å². The first-order valence-corrected chi connectivity index (χ1v) is 18.0. The zero-order valence-corrected chi connectivity index (χ0v) is 29.9. The number of nitrogens with two attached hydrogens (primary N) is 1. The summed E-state index contributed by atoms with van der Waals surface area (Å²) in [6.45, 7) is 1.31. The summed E-state index contributed by atoms with van der Waals surface area (Å²) in [5.74, 6) is -1.85. The number of hydrogen-bond donors (Lipinski definition) is 3. The molecule has 292 valence electrons. The van der Waals surface area contributed by atoms with Crippen LogP contribution in [0.2, 0.25) is 0 Å². The van der Waals surface area contributed by atoms with E-state index in [2.05, 4.69) is 15.4 Å². The third kappa shape index (κ3) is 11.8. The van der Waals surface area contributed by atoms with Crippen LogP contribution in [-0.4, -0.2) is 48.6 Å². The van der Waals surface area contributed by atoms with Crippen molar-refractivity contribution in [3.8, 4) is 16.9 Å². The number of halogens is 6. The Morgan fingerprint density at radius 2 is 1.47 bits per heavy atom. The van der Waals surface area contributed by atoms with Crippen molar-refractivity contribution >= 4 is 23.6 Å². The summed E-state index contributed by atoms with van der Waals surface area (Å²) in [6, 6.07) is 23.2. The third-order valence-electron chi connectivity index (χ3n) is 9.64. The average molecular weight is 769 g/mol. The van der Waals surface area contributed by atoms with Gasteiger partial charge in [-0.05, 0) is 109 Å². The second kappa shape index (κ2) is 18.3. The number of rotatable bonds is 13. The van der Waals surface area contributed by atoms with Crippen LogP contribution in [0.5, 0.6) is 5.75 Å². The minimum atomic E-state index is -5.16. The third-order valence-corrected chi connectivity index (χ3v) is 9.64. The van der Waals surface area contributed by atoms with Gasteiger partial charge in [-0.1, -0.05) is 67.4 Å². The normalized spacial score (nSPS) is 15.9. The van der Waals surface area contributed by atoms with Gasteiger partial charge in [0.2, 0.25) is 0 Å². The fraction of sp³-hybridized carbons (Fsp3) is 0.341. The Morgan fingerprint density at radius 1 is 0.782 bits per heavy atom. The highest BCUT2D eigenvalue weighted by Gasteiger charge is 2.41. The van der Waals surface area contributed by atoms with E-state index in [4.69, 9.17) is 5.73 Å². The number of anilines is 1. The first kappa shape index (κ1) is 40.8. The van der Waals surface area contributed by atoms with E-state index in [1.54, 1.807) is 24.3 Å². The smallest absolute Gasteiger partial charge is 0.420 e. The molecule has 0 atom stereocenters. The summed E-state index contributed by atoms with van der Waals surface area (Å²) >= 11 is 0. The van der Waals surface area contributed by atoms with Crippen LogP contribution < -0.4 is 21.1 Å². The van der Waals surface area contributed by atoms with Crippen molar-refractivity contribution in [1.29, 1.82) is 0 Å². The number of urea groups is 1. The maximum absolute atomic E-state index is 13.6. The van der Waals surface area contributed by atoms with Gasteiger partial charge < -0.3 is 26.0 Å². The van der Waals surface area contributed by atoms with E-state index in [9.17, 15) is 40.7 Å². The molecule has 0 heterocycles. The molecular weight excluding hydrogens is 726 g/mol. The maximum Gasteiger partial charge on any atom is 0.491 e. The zero-order valence-electron chi connectivity index (χ0n) is 29.9. The number of amides is 3. The number of hydrogen-bond acceptors (Lipinski definition) is 5. The van der Waals surface area contributed by atoms with Crippen LogP contribution in [0, 0.1) is 11.8 Å². The van der Waals surface area contributed by atoms with Crippen LogP contribution in [0.1, 0.15) is 59.2 Å². The number of nitrogens with one attached hydrogen (secondary N) is 2. The van der Waals surface area contributed by atoms with Crippen LogP contribution in [0.4, 0.5) is 36.8 Å². The topological polar surface area (TPSA) is 114 Å². The van der Waals surface area contributed by atoms with Gasteiger partial charge in [-0.15, -0.1) is 0 Å². The SMILES string of the molecule is NCCC1CCC(CNC(=O)c2ccccc2-c2cccc(CN(CCc3ccc(OC(=O)C(F)(F)F)cc3)C(=O)Nc3cccc(C(F)(F)F)c3)c2)CC1. The molecule has 0 bridgehead atoms. The van der Waals surface area contributed by atoms with Gasteiger partial charge in [-0.3, -0.25) is 4.79 Å². The number of nitrogens with zero attached hydrogens (tertiary/aromatic N) is 1. The number of alkyl halides is 6. The van der Waals surface area contributed by atoms with Crippen molar-refractivity contribution < 1.29 is 45.5 Å². The molecular formula is C41H42F6N4O4. The van der Waals surface area contributed by atoms with E-state index < -0.39 is 29.9 Å². The van der Waals surface area contributed by atoms with Crippen LogP contribution >= 0.6 is 0 Å². The van der Waals surface area contributed by atoms with E-state index in [0.29, 0.717) is 52.7 Å². The molecule has 0 unspecified atom stereocenters. The highest BCUT2D eigenvalue weighted by molar-refractivity contribution is 6.01. The molecule has 1 fully saturated rings. The lowest BCUT2D eigenvalue weighted by molar-refractivity contribution is -0.189. The van der Waals surface area contributed by atoms with Crippen LogP contribution in [-0.2, 0) is 23.9 Å². The van der Waals surface area contributed by atoms with Crippen LogP contribution in [0.25, 0.3) is 11.1 Å². The molecule has 4 N–H and O–H groups in total. The van der Waals surface area contributed by atoms with Gasteiger partial charge >= 0.3 is 24.4 Å². The summed E-state index contributed by atoms with van der Waals surface area (Å²) in [6.07, 6.45) is -4.30. The maximum atomic E-state index is 13.6. The van der Waals surface area contributed by atoms with Crippen LogP contribution in [0.3, 0.4) is 0 Å². The second-order valence-corrected chi connectivity index (χ2v) is 13.6. The summed E-state index contributed by atoms with van der Waals surface area (Å²) in [4.78, 5) is 39.7. The van der Waals surface area contributed by atoms with Gasteiger partial charge in [0.25, 0.3) is 5.91 Å². The molecule has 1 saturated carbocycles. The molecule has 0 aromatic heterocycles. The molecule has 5 rings (SSSR count). The van der Waals surface area contributed by atoms with E-state index in [1.165, 1.54) is 41.3 Å². The van der Waals surface area contributed by atoms with E-state index in [1.807, 2.05) is 24.3 Å². The molecule has 0 radical (unpaired) electrons. The lowest BCUT2D eigenvalue weighted by Gasteiger charge is -2.28. The minimum Gasteiger partial charge on any atom is -0.420 e. The molecule has 0 saturated heterocycles. The monoisotopic (exact) mass is 768 g/mol. The number of carbonyl (C=O) groups is 3. The van der Waals surface area contributed by atoms with Gasteiger partial charge in [0.1, 0.15) is 5.75 Å². The fourth-order valence-corrected chi connectivity index (χ4v) is 6.66. The minimum absolute atomic E-state index is 0.0150. The molecule has 4 aromatic rings. The number of ether oxygens (including phenoxy) is 1. The average Bonchev–Trinajstić information content (AvgIpc) is 3.16. The number of benzene rings is 4. The molecule has 14 heteroatoms. The van der Waals surface area contributed by atoms with Crippen LogP contribution in [0.15, 0.2) is 97.1 Å². The van der Waals surface area contributed by atoms with E-state index in [0.717, 1.165) is 44.2 Å². The quantitative estimate of drug-likeness (QED) is 0.0714. The summed E-state index contributed by atoms with van der Waals surface area (Å²) in [5.41, 5.74) is 7.85. The van der Waals surface area contributed by atoms with Gasteiger partial charge in [-0.2, -0.15) is 26.3 Å². The van der Waals surface area contributed by atoms with E-state index in [-0.39, 0.29) is 36.9 Å². The van der Waals surface area contributed by atoms with Crippen molar-refractivity contribution in [2.45, 2.75) is 57.4 Å². The molecule has 0 spiro atoms. The largest absolute Gasteiger partial charge is 0.491 e. The Labute approximate surface area is 315 Å². The Balaban J connectivity index is 1.32. The zero-order chi connectivity index (χ0) is 39.6. The fourth-order valence-electron chi connectivity index (χ4n) is 6.66. The Hall–Kier alpha value is -5.37. The van der Waals surface area contributed by atoms with Crippen molar-refractivity contribution in [3.05, 3.63) is 119 Å². The molecule has 1 aliphatic carbocycles. The second-order valence-electron chi connectivity index (χ2n) is 13.6. The molecule has 3 amide bonds. The number of carbonyl (C=O) groups excluding carboxylic acids is 3. The van der Waals surface area contributed by atoms with Crippen molar-refractivity contribution in [2.24, 2.45) is 17.6 Å². The summed E-state index contributed by atoms with van der Waals surface area (Å²) in [5, 5.41) is 5.65. The van der Waals surface area contributed by atoms with Crippen molar-refractivity contribution in [2.75, 3.05) is 25.0 Å². The standard InChI is InChI=1S/C41H42F6N4O4/c42-40(43,44)32-7-4-8-33(24-32)50-39(54)51(22-20-28-15-17-34(18-16-28)55-38(53)41(45,46)47)26-30-5-3-6-31(23-30)35-9-1-2-10-36(35)37(52)49-25-29-13-11-27(12-14-29)19-21-48/h1-10,15-18,23-24,27,29H,11-14,19-22,25-26,48H2,(H,49,52)(H,50,54). The molecule has 55 heavy (non-hydrogen) atoms. The van der Waals surface area contributed by atoms with E-state index >= 15 is 0 Å². The Bertz CT molecular complexity index is 1930. The predicted molar refractivity (Wildman–Crippen MR) is 196 cm³/mol. The van der Waals surface area contributed by atoms with Gasteiger partial charge in [-0.25, -0.2) is 9.59 Å². The lowest BCUT2D eigenvalue weighted by atomic mass is 9.80. The van der Waals surface area contributed by atoms with Crippen molar-refractivity contribution in [1.82, 2.24) is 10.2 Å². The number of esters is 1. The summed E-state index contributed by atoms with van der Waals surface area (Å²) in [7, 11) is 0. The van der Waals surface area contributed by atoms with Gasteiger partial charge in [0, 0.05) is 30.9 Å². The highest BCUT2D eigenvalue weighted by atomic mass is 19.4. The van der Waals surface area contributed by atoms with Gasteiger partial charge in [0.05, 0.1) is 5.56 Å². The lowest BCUT2D eigenvalue weighted by Crippen LogP contribution is -2.36. The molecule has 4 aromatic carbocycles. The molecule has 1 aliphatic rings. The molecule has 8 nitrogen and oxygen atoms in total.